The van der Waals surface area contributed by atoms with E-state index in [1.54, 1.807) is 0 Å². The molecule has 2 saturated heterocycles. The summed E-state index contributed by atoms with van der Waals surface area (Å²) in [6, 6.07) is 5.94. The molecule has 0 unspecified atom stereocenters. The average Bonchev–Trinajstić information content (AvgIpc) is 3.09. The third-order valence-corrected chi connectivity index (χ3v) is 6.11. The van der Waals surface area contributed by atoms with Crippen molar-refractivity contribution >= 4 is 17.6 Å². The molecule has 0 N–H and O–H groups in total. The van der Waals surface area contributed by atoms with Crippen LogP contribution in [0.1, 0.15) is 29.8 Å². The number of carbonyl (C=O) groups is 2. The Bertz CT molecular complexity index is 750. The van der Waals surface area contributed by atoms with Crippen LogP contribution in [0.25, 0.3) is 0 Å². The summed E-state index contributed by atoms with van der Waals surface area (Å²) in [5, 5.41) is 0. The minimum absolute atomic E-state index is 0.222. The predicted molar refractivity (Wildman–Crippen MR) is 112 cm³/mol. The number of ether oxygens (including phenoxy) is 1. The van der Waals surface area contributed by atoms with Crippen LogP contribution in [0, 0.1) is 5.92 Å². The molecule has 29 heavy (non-hydrogen) atoms. The molecule has 1 aromatic carbocycles. The van der Waals surface area contributed by atoms with Gasteiger partial charge in [0.25, 0.3) is 0 Å². The molecule has 3 heterocycles. The van der Waals surface area contributed by atoms with Crippen LogP contribution in [-0.4, -0.2) is 92.0 Å². The minimum Gasteiger partial charge on any atom is -0.457 e. The first-order valence-electron chi connectivity index (χ1n) is 10.8. The highest BCUT2D eigenvalue weighted by atomic mass is 16.5. The Morgan fingerprint density at radius 3 is 2.38 bits per heavy atom. The van der Waals surface area contributed by atoms with Crippen LogP contribution < -0.4 is 4.90 Å². The number of carbonyl (C=O) groups excluding carboxylic acids is 2. The zero-order valence-corrected chi connectivity index (χ0v) is 17.6. The van der Waals surface area contributed by atoms with E-state index in [1.165, 1.54) is 0 Å². The second kappa shape index (κ2) is 8.71. The fourth-order valence-electron chi connectivity index (χ4n) is 4.47. The number of fused-ring (bicyclic) bond motifs is 1. The van der Waals surface area contributed by atoms with E-state index in [4.69, 9.17) is 4.74 Å². The quantitative estimate of drug-likeness (QED) is 0.694. The van der Waals surface area contributed by atoms with Gasteiger partial charge in [-0.05, 0) is 24.1 Å². The lowest BCUT2D eigenvalue weighted by Gasteiger charge is -2.39. The first-order chi connectivity index (χ1) is 14.0. The van der Waals surface area contributed by atoms with E-state index in [1.807, 2.05) is 17.0 Å². The molecule has 158 valence electrons. The van der Waals surface area contributed by atoms with E-state index in [-0.39, 0.29) is 11.9 Å². The van der Waals surface area contributed by atoms with Gasteiger partial charge >= 0.3 is 5.97 Å². The Morgan fingerprint density at radius 1 is 1.00 bits per heavy atom. The van der Waals surface area contributed by atoms with Crippen LogP contribution in [0.3, 0.4) is 0 Å². The standard InChI is InChI=1S/C22H32N4O3/c1-17(2)14-23-7-11-26(12-8-23)21(27)15-24-5-9-25(10-6-24)19-3-4-20-18(13-19)16-29-22(20)28/h3-4,13,17H,5-12,14-16H2,1-2H3. The molecule has 0 spiro atoms. The van der Waals surface area contributed by atoms with E-state index in [2.05, 4.69) is 34.6 Å². The number of anilines is 1. The normalized spacial score (nSPS) is 20.9. The zero-order valence-electron chi connectivity index (χ0n) is 17.6. The summed E-state index contributed by atoms with van der Waals surface area (Å²) in [4.78, 5) is 33.4. The van der Waals surface area contributed by atoms with Gasteiger partial charge in [0.15, 0.2) is 0 Å². The zero-order chi connectivity index (χ0) is 20.4. The van der Waals surface area contributed by atoms with Crippen molar-refractivity contribution in [3.8, 4) is 0 Å². The van der Waals surface area contributed by atoms with Crippen LogP contribution in [0.15, 0.2) is 18.2 Å². The third kappa shape index (κ3) is 4.73. The molecule has 0 aliphatic carbocycles. The van der Waals surface area contributed by atoms with Gasteiger partial charge < -0.3 is 14.5 Å². The second-order valence-electron chi connectivity index (χ2n) is 8.76. The van der Waals surface area contributed by atoms with Crippen molar-refractivity contribution in [1.82, 2.24) is 14.7 Å². The number of cyclic esters (lactones) is 1. The van der Waals surface area contributed by atoms with Gasteiger partial charge in [0, 0.05) is 70.2 Å². The van der Waals surface area contributed by atoms with Crippen molar-refractivity contribution in [3.63, 3.8) is 0 Å². The monoisotopic (exact) mass is 400 g/mol. The van der Waals surface area contributed by atoms with Gasteiger partial charge in [-0.15, -0.1) is 0 Å². The smallest absolute Gasteiger partial charge is 0.338 e. The molecule has 0 bridgehead atoms. The molecule has 1 aromatic rings. The number of esters is 1. The first-order valence-corrected chi connectivity index (χ1v) is 10.8. The average molecular weight is 401 g/mol. The Hall–Kier alpha value is -2.12. The fraction of sp³-hybridized carbons (Fsp3) is 0.636. The molecular weight excluding hydrogens is 368 g/mol. The highest BCUT2D eigenvalue weighted by Crippen LogP contribution is 2.26. The molecule has 0 saturated carbocycles. The van der Waals surface area contributed by atoms with Gasteiger partial charge in [0.05, 0.1) is 12.1 Å². The lowest BCUT2D eigenvalue weighted by Crippen LogP contribution is -2.54. The largest absolute Gasteiger partial charge is 0.457 e. The van der Waals surface area contributed by atoms with Crippen LogP contribution in [-0.2, 0) is 16.1 Å². The number of hydrogen-bond acceptors (Lipinski definition) is 6. The van der Waals surface area contributed by atoms with E-state index >= 15 is 0 Å². The summed E-state index contributed by atoms with van der Waals surface area (Å²) in [6.45, 7) is 13.7. The van der Waals surface area contributed by atoms with Gasteiger partial charge in [-0.1, -0.05) is 13.8 Å². The first kappa shape index (κ1) is 20.2. The Labute approximate surface area is 173 Å². The van der Waals surface area contributed by atoms with Crippen LogP contribution in [0.4, 0.5) is 5.69 Å². The van der Waals surface area contributed by atoms with Crippen LogP contribution in [0.5, 0.6) is 0 Å². The lowest BCUT2D eigenvalue weighted by atomic mass is 10.1. The molecule has 0 atom stereocenters. The molecular formula is C22H32N4O3. The number of amides is 1. The highest BCUT2D eigenvalue weighted by molar-refractivity contribution is 5.93. The third-order valence-electron chi connectivity index (χ3n) is 6.11. The topological polar surface area (TPSA) is 56.3 Å². The molecule has 0 radical (unpaired) electrons. The van der Waals surface area contributed by atoms with Crippen molar-refractivity contribution in [2.45, 2.75) is 20.5 Å². The van der Waals surface area contributed by atoms with Crippen molar-refractivity contribution in [3.05, 3.63) is 29.3 Å². The van der Waals surface area contributed by atoms with Gasteiger partial charge in [-0.3, -0.25) is 14.6 Å². The Morgan fingerprint density at radius 2 is 1.69 bits per heavy atom. The molecule has 7 heteroatoms. The number of rotatable bonds is 5. The number of piperazine rings is 2. The van der Waals surface area contributed by atoms with Gasteiger partial charge in [-0.2, -0.15) is 0 Å². The van der Waals surface area contributed by atoms with Gasteiger partial charge in [-0.25, -0.2) is 4.79 Å². The van der Waals surface area contributed by atoms with Crippen molar-refractivity contribution in [2.75, 3.05) is 70.3 Å². The Balaban J connectivity index is 1.23. The maximum atomic E-state index is 12.7. The second-order valence-corrected chi connectivity index (χ2v) is 8.76. The molecule has 0 aromatic heterocycles. The van der Waals surface area contributed by atoms with Crippen LogP contribution >= 0.6 is 0 Å². The fourth-order valence-corrected chi connectivity index (χ4v) is 4.47. The molecule has 3 aliphatic rings. The number of benzene rings is 1. The summed E-state index contributed by atoms with van der Waals surface area (Å²) in [7, 11) is 0. The van der Waals surface area contributed by atoms with E-state index in [0.717, 1.165) is 70.2 Å². The maximum absolute atomic E-state index is 12.7. The number of nitrogens with zero attached hydrogens (tertiary/aromatic N) is 4. The molecule has 1 amide bonds. The van der Waals surface area contributed by atoms with E-state index in [9.17, 15) is 9.59 Å². The Kier molecular flexibility index (Phi) is 6.06. The SMILES string of the molecule is CC(C)CN1CCN(C(=O)CN2CCN(c3ccc4c(c3)COC4=O)CC2)CC1. The number of hydrogen-bond donors (Lipinski definition) is 0. The summed E-state index contributed by atoms with van der Waals surface area (Å²) in [6.07, 6.45) is 0. The summed E-state index contributed by atoms with van der Waals surface area (Å²) < 4.78 is 5.10. The van der Waals surface area contributed by atoms with Crippen molar-refractivity contribution in [2.24, 2.45) is 5.92 Å². The van der Waals surface area contributed by atoms with Gasteiger partial charge in [0.1, 0.15) is 6.61 Å². The summed E-state index contributed by atoms with van der Waals surface area (Å²) in [5.41, 5.74) is 2.79. The predicted octanol–water partition coefficient (Wildman–Crippen LogP) is 1.28. The maximum Gasteiger partial charge on any atom is 0.338 e. The molecule has 3 aliphatic heterocycles. The van der Waals surface area contributed by atoms with Crippen LogP contribution in [0.2, 0.25) is 0 Å². The minimum atomic E-state index is -0.222. The summed E-state index contributed by atoms with van der Waals surface area (Å²) in [5.74, 6) is 0.711. The van der Waals surface area contributed by atoms with Gasteiger partial charge in [0.2, 0.25) is 5.91 Å². The van der Waals surface area contributed by atoms with Crippen molar-refractivity contribution < 1.29 is 14.3 Å². The lowest BCUT2D eigenvalue weighted by molar-refractivity contribution is -0.134. The molecule has 7 nitrogen and oxygen atoms in total. The summed E-state index contributed by atoms with van der Waals surface area (Å²) >= 11 is 0. The highest BCUT2D eigenvalue weighted by Gasteiger charge is 2.26. The van der Waals surface area contributed by atoms with Crippen molar-refractivity contribution in [1.29, 1.82) is 0 Å². The molecule has 4 rings (SSSR count). The van der Waals surface area contributed by atoms with E-state index in [0.29, 0.717) is 24.6 Å². The van der Waals surface area contributed by atoms with E-state index < -0.39 is 0 Å². The molecule has 2 fully saturated rings.